The van der Waals surface area contributed by atoms with Crippen LogP contribution in [0.4, 0.5) is 0 Å². The molecule has 1 nitrogen and oxygen atoms in total. The van der Waals surface area contributed by atoms with Crippen LogP contribution in [0.15, 0.2) is 30.5 Å². The van der Waals surface area contributed by atoms with E-state index in [9.17, 15) is 0 Å². The van der Waals surface area contributed by atoms with E-state index in [0.29, 0.717) is 5.88 Å². The van der Waals surface area contributed by atoms with Gasteiger partial charge in [-0.05, 0) is 12.5 Å². The molecule has 15 heavy (non-hydrogen) atoms. The second-order valence-corrected chi connectivity index (χ2v) is 4.98. The first-order chi connectivity index (χ1) is 7.28. The van der Waals surface area contributed by atoms with Crippen molar-refractivity contribution in [2.75, 3.05) is 0 Å². The van der Waals surface area contributed by atoms with E-state index in [1.807, 2.05) is 6.20 Å². The van der Waals surface area contributed by atoms with Crippen LogP contribution in [-0.2, 0) is 12.3 Å². The molecule has 0 bridgehead atoms. The molecule has 78 valence electrons. The Morgan fingerprint density at radius 1 is 1.27 bits per heavy atom. The topological polar surface area (TPSA) is 12.9 Å². The maximum Gasteiger partial charge on any atom is 0.0971 e. The van der Waals surface area contributed by atoms with Gasteiger partial charge < -0.3 is 0 Å². The van der Waals surface area contributed by atoms with Crippen molar-refractivity contribution in [1.82, 2.24) is 4.98 Å². The van der Waals surface area contributed by atoms with Gasteiger partial charge in [-0.3, -0.25) is 0 Å². The first kappa shape index (κ1) is 10.7. The Kier molecular flexibility index (Phi) is 3.39. The van der Waals surface area contributed by atoms with Crippen molar-refractivity contribution in [3.63, 3.8) is 0 Å². The van der Waals surface area contributed by atoms with E-state index in [1.54, 1.807) is 11.3 Å². The van der Waals surface area contributed by atoms with Crippen molar-refractivity contribution >= 4 is 22.9 Å². The number of nitrogens with zero attached hydrogens (tertiary/aromatic N) is 1. The van der Waals surface area contributed by atoms with Crippen molar-refractivity contribution in [3.8, 4) is 0 Å². The molecule has 2 rings (SSSR count). The summed E-state index contributed by atoms with van der Waals surface area (Å²) in [5, 5.41) is 1.13. The number of alkyl halides is 1. The molecule has 0 aliphatic rings. The number of aryl methyl sites for hydroxylation is 1. The summed E-state index contributed by atoms with van der Waals surface area (Å²) in [5.41, 5.74) is 2.59. The number of halogens is 1. The van der Waals surface area contributed by atoms with E-state index >= 15 is 0 Å². The van der Waals surface area contributed by atoms with E-state index in [0.717, 1.165) is 16.3 Å². The fourth-order valence-electron chi connectivity index (χ4n) is 1.37. The average Bonchev–Trinajstić information content (AvgIpc) is 2.69. The highest BCUT2D eigenvalue weighted by Gasteiger charge is 2.02. The minimum absolute atomic E-state index is 0.561. The van der Waals surface area contributed by atoms with Crippen molar-refractivity contribution < 1.29 is 0 Å². The molecule has 2 aromatic rings. The molecule has 0 atom stereocenters. The summed E-state index contributed by atoms with van der Waals surface area (Å²) >= 11 is 7.42. The summed E-state index contributed by atoms with van der Waals surface area (Å²) < 4.78 is 0. The zero-order valence-electron chi connectivity index (χ0n) is 8.53. The maximum atomic E-state index is 5.73. The summed E-state index contributed by atoms with van der Waals surface area (Å²) in [7, 11) is 0. The molecule has 0 N–H and O–H groups in total. The summed E-state index contributed by atoms with van der Waals surface area (Å²) in [5.74, 6) is 0.561. The molecule has 0 spiro atoms. The van der Waals surface area contributed by atoms with Gasteiger partial charge in [0.05, 0.1) is 10.9 Å². The Hall–Kier alpha value is -0.860. The van der Waals surface area contributed by atoms with Crippen LogP contribution < -0.4 is 0 Å². The molecule has 0 saturated carbocycles. The van der Waals surface area contributed by atoms with Crippen LogP contribution in [0.2, 0.25) is 0 Å². The number of benzene rings is 1. The largest absolute Gasteiger partial charge is 0.249 e. The Morgan fingerprint density at radius 3 is 2.60 bits per heavy atom. The second-order valence-electron chi connectivity index (χ2n) is 3.52. The molecule has 3 heteroatoms. The Balaban J connectivity index is 2.11. The zero-order chi connectivity index (χ0) is 10.7. The van der Waals surface area contributed by atoms with Gasteiger partial charge in [0.15, 0.2) is 0 Å². The van der Waals surface area contributed by atoms with Crippen molar-refractivity contribution in [1.29, 1.82) is 0 Å². The molecule has 1 aromatic heterocycles. The smallest absolute Gasteiger partial charge is 0.0971 e. The van der Waals surface area contributed by atoms with Crippen molar-refractivity contribution in [3.05, 3.63) is 51.5 Å². The molecule has 1 heterocycles. The maximum absolute atomic E-state index is 5.73. The van der Waals surface area contributed by atoms with E-state index in [4.69, 9.17) is 11.6 Å². The molecule has 0 aliphatic carbocycles. The summed E-state index contributed by atoms with van der Waals surface area (Å²) in [6.45, 7) is 2.10. The van der Waals surface area contributed by atoms with Gasteiger partial charge in [0.2, 0.25) is 0 Å². The quantitative estimate of drug-likeness (QED) is 0.741. The van der Waals surface area contributed by atoms with Gasteiger partial charge in [0.25, 0.3) is 0 Å². The van der Waals surface area contributed by atoms with Crippen molar-refractivity contribution in [2.24, 2.45) is 0 Å². The van der Waals surface area contributed by atoms with E-state index in [2.05, 4.69) is 36.2 Å². The molecule has 1 aromatic carbocycles. The first-order valence-corrected chi connectivity index (χ1v) is 6.18. The normalized spacial score (nSPS) is 10.5. The van der Waals surface area contributed by atoms with Gasteiger partial charge in [-0.1, -0.05) is 29.8 Å². The van der Waals surface area contributed by atoms with Crippen LogP contribution in [-0.4, -0.2) is 4.98 Å². The van der Waals surface area contributed by atoms with Gasteiger partial charge in [-0.2, -0.15) is 0 Å². The van der Waals surface area contributed by atoms with Crippen LogP contribution in [0.1, 0.15) is 21.0 Å². The highest BCUT2D eigenvalue weighted by atomic mass is 35.5. The standard InChI is InChI=1S/C12H12ClNS/c1-9-2-4-10(5-3-9)6-12-14-8-11(7-13)15-12/h2-5,8H,6-7H2,1H3. The first-order valence-electron chi connectivity index (χ1n) is 4.83. The molecule has 0 fully saturated rings. The average molecular weight is 238 g/mol. The van der Waals surface area contributed by atoms with Crippen LogP contribution in [0.25, 0.3) is 0 Å². The lowest BCUT2D eigenvalue weighted by Gasteiger charge is -1.98. The third-order valence-electron chi connectivity index (χ3n) is 2.21. The lowest BCUT2D eigenvalue weighted by Crippen LogP contribution is -1.86. The summed E-state index contributed by atoms with van der Waals surface area (Å²) in [6.07, 6.45) is 2.77. The van der Waals surface area contributed by atoms with Crippen LogP contribution >= 0.6 is 22.9 Å². The van der Waals surface area contributed by atoms with E-state index in [1.165, 1.54) is 11.1 Å². The molecule has 0 saturated heterocycles. The zero-order valence-corrected chi connectivity index (χ0v) is 10.1. The lowest BCUT2D eigenvalue weighted by atomic mass is 10.1. The second kappa shape index (κ2) is 4.77. The molecule has 0 unspecified atom stereocenters. The Morgan fingerprint density at radius 2 is 2.00 bits per heavy atom. The van der Waals surface area contributed by atoms with Crippen LogP contribution in [0, 0.1) is 6.92 Å². The highest BCUT2D eigenvalue weighted by molar-refractivity contribution is 7.11. The van der Waals surface area contributed by atoms with Gasteiger partial charge in [0.1, 0.15) is 0 Å². The van der Waals surface area contributed by atoms with Gasteiger partial charge in [0, 0.05) is 17.5 Å². The molecule has 0 radical (unpaired) electrons. The number of hydrogen-bond acceptors (Lipinski definition) is 2. The lowest BCUT2D eigenvalue weighted by molar-refractivity contribution is 1.13. The predicted molar refractivity (Wildman–Crippen MR) is 65.7 cm³/mol. The third-order valence-corrected chi connectivity index (χ3v) is 3.65. The minimum Gasteiger partial charge on any atom is -0.249 e. The predicted octanol–water partition coefficient (Wildman–Crippen LogP) is 3.78. The highest BCUT2D eigenvalue weighted by Crippen LogP contribution is 2.18. The number of rotatable bonds is 3. The van der Waals surface area contributed by atoms with E-state index < -0.39 is 0 Å². The molecular weight excluding hydrogens is 226 g/mol. The Labute approximate surface area is 98.7 Å². The molecular formula is C12H12ClNS. The van der Waals surface area contributed by atoms with Crippen molar-refractivity contribution in [2.45, 2.75) is 19.2 Å². The van der Waals surface area contributed by atoms with Crippen LogP contribution in [0.3, 0.4) is 0 Å². The fourth-order valence-corrected chi connectivity index (χ4v) is 2.41. The number of aromatic nitrogens is 1. The van der Waals surface area contributed by atoms with Gasteiger partial charge in [-0.25, -0.2) is 4.98 Å². The van der Waals surface area contributed by atoms with Gasteiger partial charge >= 0.3 is 0 Å². The number of hydrogen-bond donors (Lipinski definition) is 0. The van der Waals surface area contributed by atoms with Gasteiger partial charge in [-0.15, -0.1) is 22.9 Å². The summed E-state index contributed by atoms with van der Waals surface area (Å²) in [4.78, 5) is 5.48. The SMILES string of the molecule is Cc1ccc(Cc2ncc(CCl)s2)cc1. The molecule has 0 amide bonds. The van der Waals surface area contributed by atoms with Crippen LogP contribution in [0.5, 0.6) is 0 Å². The Bertz CT molecular complexity index is 433. The monoisotopic (exact) mass is 237 g/mol. The minimum atomic E-state index is 0.561. The van der Waals surface area contributed by atoms with E-state index in [-0.39, 0.29) is 0 Å². The fraction of sp³-hybridized carbons (Fsp3) is 0.250. The summed E-state index contributed by atoms with van der Waals surface area (Å²) in [6, 6.07) is 8.56. The third kappa shape index (κ3) is 2.80. The number of thiazole rings is 1. The molecule has 0 aliphatic heterocycles.